The summed E-state index contributed by atoms with van der Waals surface area (Å²) in [5.74, 6) is 1.01. The molecule has 0 saturated heterocycles. The van der Waals surface area contributed by atoms with Gasteiger partial charge in [-0.25, -0.2) is 9.55 Å². The van der Waals surface area contributed by atoms with Gasteiger partial charge in [0, 0.05) is 21.7 Å². The topological polar surface area (TPSA) is 94.5 Å². The van der Waals surface area contributed by atoms with Gasteiger partial charge in [0.1, 0.15) is 0 Å². The number of amides is 1. The second-order valence-electron chi connectivity index (χ2n) is 7.13. The number of fused-ring (bicyclic) bond motifs is 1. The van der Waals surface area contributed by atoms with Gasteiger partial charge >= 0.3 is 0 Å². The molecule has 5 rings (SSSR count). The van der Waals surface area contributed by atoms with Gasteiger partial charge in [0.2, 0.25) is 12.7 Å². The summed E-state index contributed by atoms with van der Waals surface area (Å²) in [7, 11) is 0. The van der Waals surface area contributed by atoms with Gasteiger partial charge in [0.25, 0.3) is 11.5 Å². The van der Waals surface area contributed by atoms with Gasteiger partial charge in [-0.1, -0.05) is 34.1 Å². The second kappa shape index (κ2) is 8.79. The highest BCUT2D eigenvalue weighted by atomic mass is 79.9. The lowest BCUT2D eigenvalue weighted by molar-refractivity contribution is 0.0962. The maximum absolute atomic E-state index is 13.1. The molecule has 0 spiro atoms. The Hall–Kier alpha value is -4.11. The molecule has 1 aliphatic heterocycles. The van der Waals surface area contributed by atoms with E-state index in [2.05, 4.69) is 31.8 Å². The third kappa shape index (κ3) is 4.31. The van der Waals surface area contributed by atoms with Crippen LogP contribution in [0.25, 0.3) is 16.9 Å². The first-order valence-corrected chi connectivity index (χ1v) is 10.8. The van der Waals surface area contributed by atoms with Crippen molar-refractivity contribution in [2.24, 2.45) is 0 Å². The van der Waals surface area contributed by atoms with Crippen LogP contribution in [0.1, 0.15) is 10.4 Å². The number of anilines is 1. The molecule has 0 aliphatic carbocycles. The van der Waals surface area contributed by atoms with E-state index in [1.807, 2.05) is 18.2 Å². The van der Waals surface area contributed by atoms with Gasteiger partial charge < -0.3 is 9.47 Å². The Kier molecular flexibility index (Phi) is 5.54. The third-order valence-electron chi connectivity index (χ3n) is 5.00. The van der Waals surface area contributed by atoms with Crippen molar-refractivity contribution in [3.8, 4) is 28.4 Å². The van der Waals surface area contributed by atoms with E-state index in [0.29, 0.717) is 34.0 Å². The van der Waals surface area contributed by atoms with Gasteiger partial charge in [0.05, 0.1) is 11.4 Å². The van der Waals surface area contributed by atoms with Crippen molar-refractivity contribution in [3.63, 3.8) is 0 Å². The molecular formula is C24H17BrN4O4. The van der Waals surface area contributed by atoms with Crippen LogP contribution in [-0.4, -0.2) is 22.3 Å². The number of rotatable bonds is 5. The average molecular weight is 505 g/mol. The SMILES string of the molecule is O=C(NNc1nc(-c2ccc3c(c2)OCO3)cc(=O)n1-c1ccccc1)c1ccc(Br)cc1. The number of nitrogens with one attached hydrogen (secondary N) is 2. The molecule has 164 valence electrons. The lowest BCUT2D eigenvalue weighted by atomic mass is 10.1. The molecule has 0 fully saturated rings. The summed E-state index contributed by atoms with van der Waals surface area (Å²) >= 11 is 3.35. The zero-order valence-corrected chi connectivity index (χ0v) is 18.7. The van der Waals surface area contributed by atoms with E-state index >= 15 is 0 Å². The normalized spacial score (nSPS) is 11.8. The Labute approximate surface area is 196 Å². The molecule has 0 unspecified atom stereocenters. The number of hydrogen-bond acceptors (Lipinski definition) is 6. The summed E-state index contributed by atoms with van der Waals surface area (Å²) in [4.78, 5) is 30.4. The van der Waals surface area contributed by atoms with E-state index in [-0.39, 0.29) is 24.2 Å². The van der Waals surface area contributed by atoms with Crippen LogP contribution in [0.15, 0.2) is 88.1 Å². The summed E-state index contributed by atoms with van der Waals surface area (Å²) in [5, 5.41) is 0. The van der Waals surface area contributed by atoms with Crippen molar-refractivity contribution in [2.45, 2.75) is 0 Å². The summed E-state index contributed by atoms with van der Waals surface area (Å²) in [6, 6.07) is 22.7. The molecule has 1 aliphatic rings. The molecule has 33 heavy (non-hydrogen) atoms. The third-order valence-corrected chi connectivity index (χ3v) is 5.52. The lowest BCUT2D eigenvalue weighted by Crippen LogP contribution is -2.34. The minimum atomic E-state index is -0.371. The van der Waals surface area contributed by atoms with Gasteiger partial charge in [-0.2, -0.15) is 0 Å². The van der Waals surface area contributed by atoms with Crippen molar-refractivity contribution >= 4 is 27.8 Å². The molecule has 1 aromatic heterocycles. The van der Waals surface area contributed by atoms with Gasteiger partial charge in [0.15, 0.2) is 11.5 Å². The second-order valence-corrected chi connectivity index (χ2v) is 8.04. The fourth-order valence-corrected chi connectivity index (χ4v) is 3.65. The van der Waals surface area contributed by atoms with Crippen molar-refractivity contribution in [1.29, 1.82) is 0 Å². The maximum Gasteiger partial charge on any atom is 0.269 e. The molecule has 2 heterocycles. The molecule has 4 aromatic rings. The molecular weight excluding hydrogens is 488 g/mol. The van der Waals surface area contributed by atoms with Crippen molar-refractivity contribution in [1.82, 2.24) is 15.0 Å². The van der Waals surface area contributed by atoms with E-state index in [1.54, 1.807) is 54.6 Å². The molecule has 0 saturated carbocycles. The number of benzene rings is 3. The molecule has 0 atom stereocenters. The van der Waals surface area contributed by atoms with E-state index in [0.717, 1.165) is 4.47 Å². The van der Waals surface area contributed by atoms with Crippen molar-refractivity contribution < 1.29 is 14.3 Å². The van der Waals surface area contributed by atoms with Crippen molar-refractivity contribution in [2.75, 3.05) is 12.2 Å². The van der Waals surface area contributed by atoms with Crippen LogP contribution in [0, 0.1) is 0 Å². The van der Waals surface area contributed by atoms with Crippen molar-refractivity contribution in [3.05, 3.63) is 99.3 Å². The predicted octanol–water partition coefficient (Wildman–Crippen LogP) is 4.15. The monoisotopic (exact) mass is 504 g/mol. The van der Waals surface area contributed by atoms with E-state index < -0.39 is 0 Å². The van der Waals surface area contributed by atoms with Crippen LogP contribution >= 0.6 is 15.9 Å². The summed E-state index contributed by atoms with van der Waals surface area (Å²) in [6.45, 7) is 0.150. The largest absolute Gasteiger partial charge is 0.454 e. The Morgan fingerprint density at radius 2 is 1.70 bits per heavy atom. The zero-order chi connectivity index (χ0) is 22.8. The van der Waals surface area contributed by atoms with Crippen LogP contribution in [0.3, 0.4) is 0 Å². The number of para-hydroxylation sites is 1. The van der Waals surface area contributed by atoms with Gasteiger partial charge in [-0.05, 0) is 54.6 Å². The molecule has 0 bridgehead atoms. The number of nitrogens with zero attached hydrogens (tertiary/aromatic N) is 2. The molecule has 8 nitrogen and oxygen atoms in total. The van der Waals surface area contributed by atoms with Crippen LogP contribution in [0.2, 0.25) is 0 Å². The average Bonchev–Trinajstić information content (AvgIpc) is 3.31. The Morgan fingerprint density at radius 3 is 2.48 bits per heavy atom. The summed E-state index contributed by atoms with van der Waals surface area (Å²) in [6.07, 6.45) is 0. The first-order chi connectivity index (χ1) is 16.1. The smallest absolute Gasteiger partial charge is 0.269 e. The Bertz CT molecular complexity index is 1390. The first-order valence-electron chi connectivity index (χ1n) is 10.00. The quantitative estimate of drug-likeness (QED) is 0.396. The number of carbonyl (C=O) groups excluding carboxylic acids is 1. The fraction of sp³-hybridized carbons (Fsp3) is 0.0417. The van der Waals surface area contributed by atoms with E-state index in [1.165, 1.54) is 10.6 Å². The minimum Gasteiger partial charge on any atom is -0.454 e. The zero-order valence-electron chi connectivity index (χ0n) is 17.1. The minimum absolute atomic E-state index is 0.150. The van der Waals surface area contributed by atoms with Gasteiger partial charge in [-0.15, -0.1) is 0 Å². The molecule has 9 heteroatoms. The Morgan fingerprint density at radius 1 is 0.939 bits per heavy atom. The molecule has 2 N–H and O–H groups in total. The number of carbonyl (C=O) groups is 1. The number of hydrogen-bond donors (Lipinski definition) is 2. The first kappa shape index (κ1) is 20.8. The lowest BCUT2D eigenvalue weighted by Gasteiger charge is -2.16. The van der Waals surface area contributed by atoms with Gasteiger partial charge in [-0.3, -0.25) is 20.4 Å². The highest BCUT2D eigenvalue weighted by Crippen LogP contribution is 2.35. The fourth-order valence-electron chi connectivity index (χ4n) is 3.38. The number of ether oxygens (including phenoxy) is 2. The summed E-state index contributed by atoms with van der Waals surface area (Å²) < 4.78 is 13.0. The highest BCUT2D eigenvalue weighted by molar-refractivity contribution is 9.10. The van der Waals surface area contributed by atoms with E-state index in [9.17, 15) is 9.59 Å². The number of hydrazine groups is 1. The van der Waals surface area contributed by atoms with E-state index in [4.69, 9.17) is 9.47 Å². The van der Waals surface area contributed by atoms with Crippen LogP contribution < -0.4 is 25.9 Å². The number of aromatic nitrogens is 2. The molecule has 3 aromatic carbocycles. The van der Waals surface area contributed by atoms with Crippen LogP contribution in [0.4, 0.5) is 5.95 Å². The van der Waals surface area contributed by atoms with Crippen LogP contribution in [-0.2, 0) is 0 Å². The number of halogens is 1. The standard InChI is InChI=1S/C24H17BrN4O4/c25-17-9-6-15(7-10-17)23(31)27-28-24-26-19(16-8-11-20-21(12-16)33-14-32-20)13-22(30)29(24)18-4-2-1-3-5-18/h1-13H,14H2,(H,26,28)(H,27,31). The highest BCUT2D eigenvalue weighted by Gasteiger charge is 2.17. The van der Waals surface area contributed by atoms with Crippen LogP contribution in [0.5, 0.6) is 11.5 Å². The Balaban J connectivity index is 1.52. The summed E-state index contributed by atoms with van der Waals surface area (Å²) in [5.41, 5.74) is 7.27. The molecule has 1 amide bonds. The maximum atomic E-state index is 13.1. The molecule has 0 radical (unpaired) electrons. The predicted molar refractivity (Wildman–Crippen MR) is 127 cm³/mol.